The number of esters is 3. The molecule has 0 saturated heterocycles. The molecule has 10 heteroatoms. The summed E-state index contributed by atoms with van der Waals surface area (Å²) < 4.78 is 19.9. The van der Waals surface area contributed by atoms with Crippen LogP contribution in [0.2, 0.25) is 0 Å². The van der Waals surface area contributed by atoms with E-state index in [-0.39, 0.29) is 38.9 Å². The van der Waals surface area contributed by atoms with Gasteiger partial charge in [-0.05, 0) is 69.7 Å². The van der Waals surface area contributed by atoms with Gasteiger partial charge in [0.2, 0.25) is 0 Å². The summed E-state index contributed by atoms with van der Waals surface area (Å²) in [6.07, 6.45) is 3.89. The molecule has 0 aromatic rings. The van der Waals surface area contributed by atoms with Gasteiger partial charge in [-0.1, -0.05) is 13.2 Å². The zero-order chi connectivity index (χ0) is 25.8. The molecule has 2 aliphatic carbocycles. The predicted molar refractivity (Wildman–Crippen MR) is 127 cm³/mol. The quantitative estimate of drug-likeness (QED) is 0.152. The van der Waals surface area contributed by atoms with Crippen LogP contribution in [0.4, 0.5) is 4.79 Å². The molecule has 0 spiro atoms. The predicted octanol–water partition coefficient (Wildman–Crippen LogP) is 2.14. The van der Waals surface area contributed by atoms with Crippen molar-refractivity contribution < 1.29 is 38.1 Å². The van der Waals surface area contributed by atoms with Gasteiger partial charge in [0.25, 0.3) is 0 Å². The van der Waals surface area contributed by atoms with Crippen molar-refractivity contribution in [2.45, 2.75) is 39.5 Å². The molecular formula is C25H38N2O8. The zero-order valence-corrected chi connectivity index (χ0v) is 20.8. The molecule has 196 valence electrons. The Morgan fingerprint density at radius 2 is 1.46 bits per heavy atom. The van der Waals surface area contributed by atoms with Crippen LogP contribution in [0.25, 0.3) is 0 Å². The minimum Gasteiger partial charge on any atom is -0.461 e. The summed E-state index contributed by atoms with van der Waals surface area (Å²) in [7, 11) is 0. The van der Waals surface area contributed by atoms with Crippen LogP contribution in [0.3, 0.4) is 0 Å². The second-order valence-electron chi connectivity index (χ2n) is 9.20. The van der Waals surface area contributed by atoms with Gasteiger partial charge in [-0.2, -0.15) is 0 Å². The van der Waals surface area contributed by atoms with Gasteiger partial charge in [0.15, 0.2) is 0 Å². The molecule has 2 aliphatic rings. The minimum absolute atomic E-state index is 0.00167. The molecule has 4 atom stereocenters. The standard InChI is InChI=1S/C25H38N2O8/c1-16(2)23(29)33-10-9-32-22(28)15-26-8-7-21-18-5-6-20(21)19(13-18)14-27-25(31)35-12-11-34-24(30)17(3)4/h18-21,26H,1,3,5-15H2,2,4H3,(H,27,31). The monoisotopic (exact) mass is 494 g/mol. The molecule has 2 saturated carbocycles. The molecule has 35 heavy (non-hydrogen) atoms. The van der Waals surface area contributed by atoms with Gasteiger partial charge < -0.3 is 29.6 Å². The Morgan fingerprint density at radius 1 is 0.857 bits per heavy atom. The summed E-state index contributed by atoms with van der Waals surface area (Å²) in [6.45, 7) is 11.5. The lowest BCUT2D eigenvalue weighted by atomic mass is 9.87. The van der Waals surface area contributed by atoms with Crippen molar-refractivity contribution >= 4 is 24.0 Å². The molecule has 2 rings (SSSR count). The maximum Gasteiger partial charge on any atom is 0.407 e. The first-order valence-corrected chi connectivity index (χ1v) is 12.1. The van der Waals surface area contributed by atoms with E-state index in [2.05, 4.69) is 23.8 Å². The fourth-order valence-corrected chi connectivity index (χ4v) is 4.89. The first-order valence-electron chi connectivity index (χ1n) is 12.1. The Morgan fingerprint density at radius 3 is 2.09 bits per heavy atom. The smallest absolute Gasteiger partial charge is 0.407 e. The lowest BCUT2D eigenvalue weighted by Crippen LogP contribution is -2.33. The molecule has 2 bridgehead atoms. The first-order chi connectivity index (χ1) is 16.7. The van der Waals surface area contributed by atoms with Crippen LogP contribution in [-0.2, 0) is 33.3 Å². The van der Waals surface area contributed by atoms with E-state index in [1.165, 1.54) is 6.42 Å². The lowest BCUT2D eigenvalue weighted by Gasteiger charge is -2.22. The SMILES string of the molecule is C=C(C)C(=O)OCCOC(=O)CNCCC1C2CCC1C(CNC(=O)OCCOC(=O)C(=C)C)C2. The number of amides is 1. The third-order valence-corrected chi connectivity index (χ3v) is 6.50. The molecule has 0 heterocycles. The van der Waals surface area contributed by atoms with Gasteiger partial charge >= 0.3 is 24.0 Å². The Balaban J connectivity index is 1.55. The highest BCUT2D eigenvalue weighted by Gasteiger charge is 2.47. The average Bonchev–Trinajstić information content (AvgIpc) is 3.37. The van der Waals surface area contributed by atoms with Crippen molar-refractivity contribution in [3.8, 4) is 0 Å². The van der Waals surface area contributed by atoms with E-state index in [0.29, 0.717) is 47.9 Å². The van der Waals surface area contributed by atoms with Crippen LogP contribution in [0.1, 0.15) is 39.5 Å². The zero-order valence-electron chi connectivity index (χ0n) is 20.8. The van der Waals surface area contributed by atoms with Crippen LogP contribution in [-0.4, -0.2) is 70.1 Å². The third kappa shape index (κ3) is 9.71. The highest BCUT2D eigenvalue weighted by molar-refractivity contribution is 5.87. The Hall–Kier alpha value is -2.88. The van der Waals surface area contributed by atoms with E-state index in [1.807, 2.05) is 0 Å². The van der Waals surface area contributed by atoms with Crippen LogP contribution >= 0.6 is 0 Å². The summed E-state index contributed by atoms with van der Waals surface area (Å²) in [5, 5.41) is 5.96. The van der Waals surface area contributed by atoms with E-state index in [0.717, 1.165) is 19.3 Å². The molecule has 2 N–H and O–H groups in total. The van der Waals surface area contributed by atoms with Crippen molar-refractivity contribution in [1.82, 2.24) is 10.6 Å². The van der Waals surface area contributed by atoms with Crippen molar-refractivity contribution in [2.75, 3.05) is 46.1 Å². The number of hydrogen-bond acceptors (Lipinski definition) is 9. The molecule has 4 unspecified atom stereocenters. The summed E-state index contributed by atoms with van der Waals surface area (Å²) in [5.74, 6) is 0.784. The molecule has 0 aliphatic heterocycles. The van der Waals surface area contributed by atoms with E-state index >= 15 is 0 Å². The number of hydrogen-bond donors (Lipinski definition) is 2. The van der Waals surface area contributed by atoms with E-state index in [4.69, 9.17) is 18.9 Å². The Kier molecular flexibility index (Phi) is 11.8. The van der Waals surface area contributed by atoms with Crippen LogP contribution in [0, 0.1) is 23.7 Å². The fraction of sp³-hybridized carbons (Fsp3) is 0.680. The van der Waals surface area contributed by atoms with Crippen LogP contribution in [0.5, 0.6) is 0 Å². The Labute approximate surface area is 206 Å². The molecule has 10 nitrogen and oxygen atoms in total. The number of alkyl carbamates (subject to hydrolysis) is 1. The molecule has 0 aromatic carbocycles. The van der Waals surface area contributed by atoms with Gasteiger partial charge in [0.05, 0.1) is 6.54 Å². The summed E-state index contributed by atoms with van der Waals surface area (Å²) >= 11 is 0. The van der Waals surface area contributed by atoms with E-state index in [1.54, 1.807) is 13.8 Å². The molecule has 0 radical (unpaired) electrons. The second kappa shape index (κ2) is 14.5. The number of carbonyl (C=O) groups excluding carboxylic acids is 4. The highest BCUT2D eigenvalue weighted by atomic mass is 16.6. The average molecular weight is 495 g/mol. The van der Waals surface area contributed by atoms with Crippen molar-refractivity contribution in [3.63, 3.8) is 0 Å². The number of nitrogens with one attached hydrogen (secondary N) is 2. The number of carbonyl (C=O) groups is 4. The molecule has 1 amide bonds. The molecule has 0 aromatic heterocycles. The largest absolute Gasteiger partial charge is 0.461 e. The summed E-state index contributed by atoms with van der Waals surface area (Å²) in [5.41, 5.74) is 0.602. The normalized spacial score (nSPS) is 22.2. The topological polar surface area (TPSA) is 129 Å². The van der Waals surface area contributed by atoms with E-state index < -0.39 is 18.0 Å². The van der Waals surface area contributed by atoms with Gasteiger partial charge in [0, 0.05) is 17.7 Å². The Bertz CT molecular complexity index is 796. The maximum atomic E-state index is 11.9. The minimum atomic E-state index is -0.509. The second-order valence-corrected chi connectivity index (χ2v) is 9.20. The number of ether oxygens (including phenoxy) is 4. The van der Waals surface area contributed by atoms with Crippen molar-refractivity contribution in [3.05, 3.63) is 24.3 Å². The van der Waals surface area contributed by atoms with Gasteiger partial charge in [0.1, 0.15) is 26.4 Å². The molecular weight excluding hydrogens is 456 g/mol. The fourth-order valence-electron chi connectivity index (χ4n) is 4.89. The molecule has 2 fully saturated rings. The maximum absolute atomic E-state index is 11.9. The van der Waals surface area contributed by atoms with Gasteiger partial charge in [-0.3, -0.25) is 4.79 Å². The van der Waals surface area contributed by atoms with Gasteiger partial charge in [-0.15, -0.1) is 0 Å². The van der Waals surface area contributed by atoms with Crippen LogP contribution in [0.15, 0.2) is 24.3 Å². The number of rotatable bonds is 15. The summed E-state index contributed by atoms with van der Waals surface area (Å²) in [4.78, 5) is 46.3. The van der Waals surface area contributed by atoms with Crippen LogP contribution < -0.4 is 10.6 Å². The first kappa shape index (κ1) is 28.4. The van der Waals surface area contributed by atoms with Crippen molar-refractivity contribution in [2.24, 2.45) is 23.7 Å². The highest BCUT2D eigenvalue weighted by Crippen LogP contribution is 2.53. The van der Waals surface area contributed by atoms with Gasteiger partial charge in [-0.25, -0.2) is 14.4 Å². The van der Waals surface area contributed by atoms with E-state index in [9.17, 15) is 19.2 Å². The number of fused-ring (bicyclic) bond motifs is 2. The summed E-state index contributed by atoms with van der Waals surface area (Å²) in [6, 6.07) is 0. The third-order valence-electron chi connectivity index (χ3n) is 6.50. The lowest BCUT2D eigenvalue weighted by molar-refractivity contribution is -0.149. The van der Waals surface area contributed by atoms with Crippen molar-refractivity contribution in [1.29, 1.82) is 0 Å².